The molecule has 0 aliphatic heterocycles. The number of rotatable bonds is 2. The van der Waals surface area contributed by atoms with Gasteiger partial charge >= 0.3 is 6.43 Å². The van der Waals surface area contributed by atoms with Gasteiger partial charge in [-0.2, -0.15) is 8.78 Å². The highest BCUT2D eigenvalue weighted by molar-refractivity contribution is 5.55. The summed E-state index contributed by atoms with van der Waals surface area (Å²) in [5, 5.41) is 0. The summed E-state index contributed by atoms with van der Waals surface area (Å²) in [4.78, 5) is 3.48. The van der Waals surface area contributed by atoms with Crippen molar-refractivity contribution in [3.8, 4) is 11.3 Å². The Morgan fingerprint density at radius 3 is 2.79 bits per heavy atom. The molecule has 0 aromatic carbocycles. The Morgan fingerprint density at radius 1 is 1.50 bits per heavy atom. The number of alkyl halides is 2. The second-order valence-electron chi connectivity index (χ2n) is 2.93. The lowest BCUT2D eigenvalue weighted by Gasteiger charge is -1.90. The van der Waals surface area contributed by atoms with E-state index in [4.69, 9.17) is 4.42 Å². The van der Waals surface area contributed by atoms with E-state index in [0.717, 1.165) is 5.56 Å². The molecule has 0 radical (unpaired) electrons. The second kappa shape index (κ2) is 3.25. The van der Waals surface area contributed by atoms with Crippen molar-refractivity contribution in [2.75, 3.05) is 0 Å². The van der Waals surface area contributed by atoms with E-state index < -0.39 is 12.3 Å². The van der Waals surface area contributed by atoms with Crippen molar-refractivity contribution < 1.29 is 13.2 Å². The maximum atomic E-state index is 12.1. The summed E-state index contributed by atoms with van der Waals surface area (Å²) in [6.45, 7) is 0. The molecule has 0 N–H and O–H groups in total. The Bertz CT molecular complexity index is 433. The van der Waals surface area contributed by atoms with Gasteiger partial charge in [0.15, 0.2) is 5.76 Å². The average molecular weight is 198 g/mol. The Balaban J connectivity index is 2.33. The lowest BCUT2D eigenvalue weighted by molar-refractivity contribution is 0.116. The molecule has 0 fully saturated rings. The standard InChI is InChI=1S/C9H8F2N2O/c1-13-3-2-6(5-13)7-4-12-9(14-7)8(10)11/h2-5,8H,1H3. The Kier molecular flexibility index (Phi) is 2.07. The molecule has 3 nitrogen and oxygen atoms in total. The van der Waals surface area contributed by atoms with Gasteiger partial charge in [0.25, 0.3) is 5.89 Å². The maximum Gasteiger partial charge on any atom is 0.313 e. The molecule has 74 valence electrons. The van der Waals surface area contributed by atoms with E-state index in [1.54, 1.807) is 23.0 Å². The Morgan fingerprint density at radius 2 is 2.29 bits per heavy atom. The van der Waals surface area contributed by atoms with Gasteiger partial charge in [0.1, 0.15) is 0 Å². The van der Waals surface area contributed by atoms with Crippen molar-refractivity contribution in [1.29, 1.82) is 0 Å². The first-order chi connectivity index (χ1) is 6.66. The molecule has 0 atom stereocenters. The fourth-order valence-corrected chi connectivity index (χ4v) is 1.17. The normalized spacial score (nSPS) is 11.1. The largest absolute Gasteiger partial charge is 0.435 e. The first-order valence-electron chi connectivity index (χ1n) is 4.03. The van der Waals surface area contributed by atoms with Crippen LogP contribution in [0.15, 0.2) is 29.1 Å². The van der Waals surface area contributed by atoms with Crippen molar-refractivity contribution in [2.45, 2.75) is 6.43 Å². The molecule has 2 aromatic rings. The van der Waals surface area contributed by atoms with Gasteiger partial charge in [-0.25, -0.2) is 4.98 Å². The fraction of sp³-hybridized carbons (Fsp3) is 0.222. The zero-order valence-electron chi connectivity index (χ0n) is 7.45. The zero-order valence-corrected chi connectivity index (χ0v) is 7.45. The average Bonchev–Trinajstić information content (AvgIpc) is 2.70. The Hall–Kier alpha value is -1.65. The molecule has 0 aliphatic carbocycles. The second-order valence-corrected chi connectivity index (χ2v) is 2.93. The van der Waals surface area contributed by atoms with Crippen LogP contribution in [0.4, 0.5) is 8.78 Å². The van der Waals surface area contributed by atoms with Crippen LogP contribution in [-0.2, 0) is 7.05 Å². The van der Waals surface area contributed by atoms with Gasteiger partial charge in [-0.3, -0.25) is 0 Å². The maximum absolute atomic E-state index is 12.1. The third kappa shape index (κ3) is 1.53. The number of oxazole rings is 1. The first-order valence-corrected chi connectivity index (χ1v) is 4.03. The first kappa shape index (κ1) is 8.93. The Labute approximate surface area is 79.0 Å². The van der Waals surface area contributed by atoms with Crippen LogP contribution in [0.1, 0.15) is 12.3 Å². The predicted molar refractivity (Wildman–Crippen MR) is 45.9 cm³/mol. The molecule has 0 saturated carbocycles. The van der Waals surface area contributed by atoms with E-state index in [1.165, 1.54) is 6.20 Å². The smallest absolute Gasteiger partial charge is 0.313 e. The topological polar surface area (TPSA) is 31.0 Å². The van der Waals surface area contributed by atoms with Gasteiger partial charge < -0.3 is 8.98 Å². The van der Waals surface area contributed by atoms with Crippen LogP contribution in [0.3, 0.4) is 0 Å². The minimum absolute atomic E-state index is 0.362. The number of nitrogens with zero attached hydrogens (tertiary/aromatic N) is 2. The molecule has 2 rings (SSSR count). The van der Waals surface area contributed by atoms with Crippen LogP contribution in [-0.4, -0.2) is 9.55 Å². The number of halogens is 2. The molecule has 0 aliphatic rings. The van der Waals surface area contributed by atoms with Crippen LogP contribution in [0.5, 0.6) is 0 Å². The molecule has 2 heterocycles. The van der Waals surface area contributed by atoms with Gasteiger partial charge in [-0.1, -0.05) is 0 Å². The SMILES string of the molecule is Cn1ccc(-c2cnc(C(F)F)o2)c1. The summed E-state index contributed by atoms with van der Waals surface area (Å²) in [6.07, 6.45) is 2.22. The highest BCUT2D eigenvalue weighted by atomic mass is 19.3. The van der Waals surface area contributed by atoms with Crippen LogP contribution in [0, 0.1) is 0 Å². The number of hydrogen-bond donors (Lipinski definition) is 0. The van der Waals surface area contributed by atoms with E-state index in [2.05, 4.69) is 4.98 Å². The highest BCUT2D eigenvalue weighted by Crippen LogP contribution is 2.25. The third-order valence-corrected chi connectivity index (χ3v) is 1.83. The van der Waals surface area contributed by atoms with E-state index in [0.29, 0.717) is 5.76 Å². The van der Waals surface area contributed by atoms with Crippen LogP contribution in [0.2, 0.25) is 0 Å². The van der Waals surface area contributed by atoms with Crippen molar-refractivity contribution in [1.82, 2.24) is 9.55 Å². The molecule has 5 heteroatoms. The van der Waals surface area contributed by atoms with Crippen molar-refractivity contribution in [2.24, 2.45) is 7.05 Å². The van der Waals surface area contributed by atoms with E-state index in [-0.39, 0.29) is 0 Å². The van der Waals surface area contributed by atoms with Gasteiger partial charge in [0.2, 0.25) is 0 Å². The molecule has 0 amide bonds. The fourth-order valence-electron chi connectivity index (χ4n) is 1.17. The summed E-state index contributed by atoms with van der Waals surface area (Å²) in [5.74, 6) is -0.176. The number of aromatic nitrogens is 2. The van der Waals surface area contributed by atoms with Crippen LogP contribution >= 0.6 is 0 Å². The van der Waals surface area contributed by atoms with Gasteiger partial charge in [0, 0.05) is 25.0 Å². The quantitative estimate of drug-likeness (QED) is 0.742. The van der Waals surface area contributed by atoms with Gasteiger partial charge in [-0.15, -0.1) is 0 Å². The summed E-state index contributed by atoms with van der Waals surface area (Å²) < 4.78 is 31.0. The van der Waals surface area contributed by atoms with Crippen LogP contribution < -0.4 is 0 Å². The minimum Gasteiger partial charge on any atom is -0.435 e. The summed E-state index contributed by atoms with van der Waals surface area (Å²) in [7, 11) is 1.84. The third-order valence-electron chi connectivity index (χ3n) is 1.83. The lowest BCUT2D eigenvalue weighted by Crippen LogP contribution is -1.80. The highest BCUT2D eigenvalue weighted by Gasteiger charge is 2.15. The monoisotopic (exact) mass is 198 g/mol. The molecule has 0 unspecified atom stereocenters. The molecule has 14 heavy (non-hydrogen) atoms. The van der Waals surface area contributed by atoms with Crippen molar-refractivity contribution in [3.05, 3.63) is 30.5 Å². The molecule has 0 bridgehead atoms. The van der Waals surface area contributed by atoms with Gasteiger partial charge in [0.05, 0.1) is 6.20 Å². The lowest BCUT2D eigenvalue weighted by atomic mass is 10.3. The summed E-state index contributed by atoms with van der Waals surface area (Å²) in [5.41, 5.74) is 0.743. The summed E-state index contributed by atoms with van der Waals surface area (Å²) in [6, 6.07) is 1.77. The zero-order chi connectivity index (χ0) is 10.1. The predicted octanol–water partition coefficient (Wildman–Crippen LogP) is 2.62. The van der Waals surface area contributed by atoms with Crippen LogP contribution in [0.25, 0.3) is 11.3 Å². The van der Waals surface area contributed by atoms with E-state index >= 15 is 0 Å². The number of hydrogen-bond acceptors (Lipinski definition) is 2. The molecular formula is C9H8F2N2O. The van der Waals surface area contributed by atoms with E-state index in [1.807, 2.05) is 7.05 Å². The molecular weight excluding hydrogens is 190 g/mol. The van der Waals surface area contributed by atoms with Crippen molar-refractivity contribution >= 4 is 0 Å². The molecule has 0 saturated heterocycles. The number of aryl methyl sites for hydroxylation is 1. The summed E-state index contributed by atoms with van der Waals surface area (Å²) >= 11 is 0. The van der Waals surface area contributed by atoms with E-state index in [9.17, 15) is 8.78 Å². The van der Waals surface area contributed by atoms with Gasteiger partial charge in [-0.05, 0) is 6.07 Å². The van der Waals surface area contributed by atoms with Crippen molar-refractivity contribution in [3.63, 3.8) is 0 Å². The molecule has 0 spiro atoms. The minimum atomic E-state index is -2.66. The molecule has 2 aromatic heterocycles.